The summed E-state index contributed by atoms with van der Waals surface area (Å²) in [5.74, 6) is 0. The normalized spacial score (nSPS) is 26.9. The molecule has 1 atom stereocenters. The average molecular weight is 152 g/mol. The summed E-state index contributed by atoms with van der Waals surface area (Å²) in [5.41, 5.74) is 0. The molecule has 1 heterocycles. The summed E-state index contributed by atoms with van der Waals surface area (Å²) in [6.45, 7) is 5.43. The lowest BCUT2D eigenvalue weighted by molar-refractivity contribution is 0.145. The monoisotopic (exact) mass is 152 g/mol. The minimum Gasteiger partial charge on any atom is -0.286 e. The van der Waals surface area contributed by atoms with E-state index < -0.39 is 0 Å². The van der Waals surface area contributed by atoms with Crippen LogP contribution in [0.1, 0.15) is 33.1 Å². The van der Waals surface area contributed by atoms with Gasteiger partial charge in [0, 0.05) is 6.04 Å². The SMILES string of the molecule is CC(C)N1CCCCC1C#N. The molecule has 62 valence electrons. The first-order valence-electron chi connectivity index (χ1n) is 4.41. The van der Waals surface area contributed by atoms with Crippen LogP contribution in [0.25, 0.3) is 0 Å². The summed E-state index contributed by atoms with van der Waals surface area (Å²) in [4.78, 5) is 2.30. The van der Waals surface area contributed by atoms with Gasteiger partial charge >= 0.3 is 0 Å². The molecule has 1 rings (SSSR count). The van der Waals surface area contributed by atoms with Crippen LogP contribution in [0.2, 0.25) is 0 Å². The van der Waals surface area contributed by atoms with Crippen molar-refractivity contribution < 1.29 is 0 Å². The fraction of sp³-hybridized carbons (Fsp3) is 0.889. The molecule has 0 aliphatic carbocycles. The van der Waals surface area contributed by atoms with Crippen molar-refractivity contribution in [3.8, 4) is 6.07 Å². The van der Waals surface area contributed by atoms with Gasteiger partial charge in [-0.3, -0.25) is 4.90 Å². The summed E-state index contributed by atoms with van der Waals surface area (Å²) in [6, 6.07) is 3.07. The molecule has 2 heteroatoms. The summed E-state index contributed by atoms with van der Waals surface area (Å²) in [5, 5.41) is 8.82. The zero-order chi connectivity index (χ0) is 8.27. The van der Waals surface area contributed by atoms with Crippen molar-refractivity contribution in [2.24, 2.45) is 0 Å². The molecule has 11 heavy (non-hydrogen) atoms. The standard InChI is InChI=1S/C9H16N2/c1-8(2)11-6-4-3-5-9(11)7-10/h8-9H,3-6H2,1-2H3. The molecule has 0 bridgehead atoms. The van der Waals surface area contributed by atoms with Gasteiger partial charge in [0.25, 0.3) is 0 Å². The number of hydrogen-bond donors (Lipinski definition) is 0. The van der Waals surface area contributed by atoms with E-state index in [4.69, 9.17) is 5.26 Å². The van der Waals surface area contributed by atoms with E-state index in [1.807, 2.05) is 0 Å². The van der Waals surface area contributed by atoms with Crippen LogP contribution in [0.15, 0.2) is 0 Å². The molecular formula is C9H16N2. The third-order valence-electron chi connectivity index (χ3n) is 2.36. The first-order chi connectivity index (χ1) is 5.25. The van der Waals surface area contributed by atoms with Gasteiger partial charge in [-0.25, -0.2) is 0 Å². The number of nitrogens with zero attached hydrogens (tertiary/aromatic N) is 2. The Morgan fingerprint density at radius 3 is 2.64 bits per heavy atom. The van der Waals surface area contributed by atoms with Crippen LogP contribution >= 0.6 is 0 Å². The summed E-state index contributed by atoms with van der Waals surface area (Å²) < 4.78 is 0. The van der Waals surface area contributed by atoms with E-state index >= 15 is 0 Å². The molecule has 1 aliphatic rings. The Kier molecular flexibility index (Phi) is 2.90. The highest BCUT2D eigenvalue weighted by Gasteiger charge is 2.23. The highest BCUT2D eigenvalue weighted by atomic mass is 15.2. The Labute approximate surface area is 68.8 Å². The number of likely N-dealkylation sites (tertiary alicyclic amines) is 1. The maximum absolute atomic E-state index is 8.82. The fourth-order valence-electron chi connectivity index (χ4n) is 1.71. The average Bonchev–Trinajstić information content (AvgIpc) is 2.04. The third-order valence-corrected chi connectivity index (χ3v) is 2.36. The van der Waals surface area contributed by atoms with Crippen LogP contribution in [-0.2, 0) is 0 Å². The van der Waals surface area contributed by atoms with Crippen molar-refractivity contribution in [2.45, 2.75) is 45.2 Å². The maximum Gasteiger partial charge on any atom is 0.0980 e. The van der Waals surface area contributed by atoms with Crippen LogP contribution < -0.4 is 0 Å². The number of nitriles is 1. The Hall–Kier alpha value is -0.550. The second-order valence-corrected chi connectivity index (χ2v) is 3.47. The number of hydrogen-bond acceptors (Lipinski definition) is 2. The molecule has 0 radical (unpaired) electrons. The highest BCUT2D eigenvalue weighted by molar-refractivity contribution is 4.94. The first-order valence-corrected chi connectivity index (χ1v) is 4.41. The van der Waals surface area contributed by atoms with Crippen molar-refractivity contribution >= 4 is 0 Å². The Morgan fingerprint density at radius 2 is 2.18 bits per heavy atom. The van der Waals surface area contributed by atoms with Crippen molar-refractivity contribution in [1.82, 2.24) is 4.90 Å². The van der Waals surface area contributed by atoms with E-state index in [9.17, 15) is 0 Å². The van der Waals surface area contributed by atoms with E-state index in [1.165, 1.54) is 12.8 Å². The van der Waals surface area contributed by atoms with Crippen molar-refractivity contribution in [3.05, 3.63) is 0 Å². The second-order valence-electron chi connectivity index (χ2n) is 3.47. The molecule has 0 aromatic rings. The van der Waals surface area contributed by atoms with E-state index in [0.29, 0.717) is 6.04 Å². The molecule has 0 amide bonds. The number of piperidine rings is 1. The third kappa shape index (κ3) is 1.94. The molecule has 1 aliphatic heterocycles. The minimum absolute atomic E-state index is 0.184. The van der Waals surface area contributed by atoms with E-state index in [-0.39, 0.29) is 6.04 Å². The summed E-state index contributed by atoms with van der Waals surface area (Å²) in [7, 11) is 0. The lowest BCUT2D eigenvalue weighted by Crippen LogP contribution is -2.42. The van der Waals surface area contributed by atoms with E-state index in [1.54, 1.807) is 0 Å². The van der Waals surface area contributed by atoms with Gasteiger partial charge in [-0.05, 0) is 39.7 Å². The molecule has 0 spiro atoms. The van der Waals surface area contributed by atoms with E-state index in [2.05, 4.69) is 24.8 Å². The Balaban J connectivity index is 2.53. The Bertz CT molecular complexity index is 157. The van der Waals surface area contributed by atoms with Crippen molar-refractivity contribution in [3.63, 3.8) is 0 Å². The maximum atomic E-state index is 8.82. The smallest absolute Gasteiger partial charge is 0.0980 e. The highest BCUT2D eigenvalue weighted by Crippen LogP contribution is 2.18. The largest absolute Gasteiger partial charge is 0.286 e. The molecule has 1 saturated heterocycles. The van der Waals surface area contributed by atoms with Gasteiger partial charge in [0.05, 0.1) is 12.1 Å². The lowest BCUT2D eigenvalue weighted by atomic mass is 10.0. The van der Waals surface area contributed by atoms with Crippen LogP contribution in [0.5, 0.6) is 0 Å². The minimum atomic E-state index is 0.184. The Morgan fingerprint density at radius 1 is 1.45 bits per heavy atom. The van der Waals surface area contributed by atoms with E-state index in [0.717, 1.165) is 13.0 Å². The molecule has 1 unspecified atom stereocenters. The first kappa shape index (κ1) is 8.55. The van der Waals surface area contributed by atoms with Crippen molar-refractivity contribution in [1.29, 1.82) is 5.26 Å². The summed E-state index contributed by atoms with van der Waals surface area (Å²) in [6.07, 6.45) is 3.55. The van der Waals surface area contributed by atoms with Crippen LogP contribution in [0.4, 0.5) is 0 Å². The van der Waals surface area contributed by atoms with Gasteiger partial charge in [-0.1, -0.05) is 0 Å². The van der Waals surface area contributed by atoms with Gasteiger partial charge in [0.1, 0.15) is 0 Å². The van der Waals surface area contributed by atoms with Crippen LogP contribution in [-0.4, -0.2) is 23.5 Å². The molecule has 1 fully saturated rings. The van der Waals surface area contributed by atoms with Crippen LogP contribution in [0, 0.1) is 11.3 Å². The molecule has 0 N–H and O–H groups in total. The number of rotatable bonds is 1. The second kappa shape index (κ2) is 3.73. The zero-order valence-electron chi connectivity index (χ0n) is 7.38. The predicted octanol–water partition coefficient (Wildman–Crippen LogP) is 1.77. The lowest BCUT2D eigenvalue weighted by Gasteiger charge is -2.34. The van der Waals surface area contributed by atoms with Gasteiger partial charge in [-0.15, -0.1) is 0 Å². The molecular weight excluding hydrogens is 136 g/mol. The van der Waals surface area contributed by atoms with Gasteiger partial charge in [0.2, 0.25) is 0 Å². The topological polar surface area (TPSA) is 27.0 Å². The molecule has 2 nitrogen and oxygen atoms in total. The zero-order valence-corrected chi connectivity index (χ0v) is 7.38. The fourth-order valence-corrected chi connectivity index (χ4v) is 1.71. The predicted molar refractivity (Wildman–Crippen MR) is 45.1 cm³/mol. The molecule has 0 aromatic carbocycles. The van der Waals surface area contributed by atoms with Gasteiger partial charge in [-0.2, -0.15) is 5.26 Å². The quantitative estimate of drug-likeness (QED) is 0.572. The molecule has 0 saturated carbocycles. The van der Waals surface area contributed by atoms with Crippen LogP contribution in [0.3, 0.4) is 0 Å². The summed E-state index contributed by atoms with van der Waals surface area (Å²) >= 11 is 0. The molecule has 0 aromatic heterocycles. The van der Waals surface area contributed by atoms with Crippen molar-refractivity contribution in [2.75, 3.05) is 6.54 Å². The van der Waals surface area contributed by atoms with Gasteiger partial charge < -0.3 is 0 Å². The van der Waals surface area contributed by atoms with Gasteiger partial charge in [0.15, 0.2) is 0 Å².